The molecule has 3 aromatic rings. The highest BCUT2D eigenvalue weighted by Gasteiger charge is 2.39. The molecule has 1 atom stereocenters. The van der Waals surface area contributed by atoms with E-state index in [1.165, 1.54) is 18.8 Å². The molecule has 2 heterocycles. The Morgan fingerprint density at radius 1 is 0.912 bits per heavy atom. The molecule has 0 fully saturated rings. The minimum absolute atomic E-state index is 0.0149. The van der Waals surface area contributed by atoms with Crippen LogP contribution in [0, 0.1) is 13.8 Å². The lowest BCUT2D eigenvalue weighted by Gasteiger charge is -2.26. The molecule has 1 aromatic heterocycles. The number of thiazole rings is 1. The van der Waals surface area contributed by atoms with Crippen molar-refractivity contribution in [3.8, 4) is 0 Å². The number of ether oxygens (including phenoxy) is 2. The van der Waals surface area contributed by atoms with E-state index in [2.05, 4.69) is 0 Å². The maximum atomic E-state index is 13.4. The average molecular weight is 477 g/mol. The van der Waals surface area contributed by atoms with Gasteiger partial charge in [0.15, 0.2) is 0 Å². The molecular formula is C26H24N2O5S. The van der Waals surface area contributed by atoms with E-state index >= 15 is 0 Å². The summed E-state index contributed by atoms with van der Waals surface area (Å²) in [6, 6.07) is 15.1. The van der Waals surface area contributed by atoms with Crippen molar-refractivity contribution in [2.75, 3.05) is 14.2 Å². The van der Waals surface area contributed by atoms with Gasteiger partial charge in [-0.25, -0.2) is 9.59 Å². The fraction of sp³-hybridized carbons (Fsp3) is 0.192. The molecule has 2 aromatic carbocycles. The van der Waals surface area contributed by atoms with Gasteiger partial charge in [-0.1, -0.05) is 59.7 Å². The second-order valence-corrected chi connectivity index (χ2v) is 9.04. The van der Waals surface area contributed by atoms with Gasteiger partial charge >= 0.3 is 11.9 Å². The van der Waals surface area contributed by atoms with Gasteiger partial charge < -0.3 is 15.2 Å². The van der Waals surface area contributed by atoms with E-state index in [0.29, 0.717) is 14.8 Å². The van der Waals surface area contributed by atoms with E-state index in [4.69, 9.17) is 15.2 Å². The molecule has 0 bridgehead atoms. The van der Waals surface area contributed by atoms with Crippen LogP contribution in [0.4, 0.5) is 0 Å². The molecule has 34 heavy (non-hydrogen) atoms. The summed E-state index contributed by atoms with van der Waals surface area (Å²) in [6.07, 6.45) is 1.73. The molecule has 174 valence electrons. The van der Waals surface area contributed by atoms with Gasteiger partial charge in [0.2, 0.25) is 0 Å². The summed E-state index contributed by atoms with van der Waals surface area (Å²) in [6.45, 7) is 3.91. The van der Waals surface area contributed by atoms with Crippen LogP contribution in [0.1, 0.15) is 28.2 Å². The van der Waals surface area contributed by atoms with E-state index in [1.807, 2.05) is 62.4 Å². The largest absolute Gasteiger partial charge is 0.466 e. The maximum Gasteiger partial charge on any atom is 0.338 e. The summed E-state index contributed by atoms with van der Waals surface area (Å²) in [7, 11) is 2.49. The third-order valence-corrected chi connectivity index (χ3v) is 6.85. The van der Waals surface area contributed by atoms with E-state index in [1.54, 1.807) is 6.08 Å². The van der Waals surface area contributed by atoms with Gasteiger partial charge in [-0.15, -0.1) is 11.3 Å². The molecule has 1 aliphatic heterocycles. The predicted octanol–water partition coefficient (Wildman–Crippen LogP) is 1.78. The molecule has 0 amide bonds. The second kappa shape index (κ2) is 9.15. The van der Waals surface area contributed by atoms with Crippen LogP contribution in [0.5, 0.6) is 0 Å². The molecular weight excluding hydrogens is 452 g/mol. The Hall–Kier alpha value is -3.91. The van der Waals surface area contributed by atoms with Gasteiger partial charge in [0, 0.05) is 0 Å². The van der Waals surface area contributed by atoms with Gasteiger partial charge in [0.1, 0.15) is 10.5 Å². The number of esters is 2. The number of rotatable bonds is 4. The summed E-state index contributed by atoms with van der Waals surface area (Å²) < 4.78 is 12.0. The van der Waals surface area contributed by atoms with Crippen LogP contribution in [-0.2, 0) is 19.1 Å². The van der Waals surface area contributed by atoms with Crippen LogP contribution in [0.25, 0.3) is 17.5 Å². The Labute approximate surface area is 200 Å². The van der Waals surface area contributed by atoms with Crippen molar-refractivity contribution in [1.29, 1.82) is 0 Å². The number of hydrogen-bond acceptors (Lipinski definition) is 7. The lowest BCUT2D eigenvalue weighted by Crippen LogP contribution is -2.41. The molecule has 0 spiro atoms. The van der Waals surface area contributed by atoms with E-state index in [-0.39, 0.29) is 17.0 Å². The monoisotopic (exact) mass is 476 g/mol. The Balaban J connectivity index is 2.11. The number of nitrogens with zero attached hydrogens (tertiary/aromatic N) is 1. The Bertz CT molecular complexity index is 1490. The Morgan fingerprint density at radius 3 is 2.00 bits per heavy atom. The van der Waals surface area contributed by atoms with Crippen LogP contribution in [-0.4, -0.2) is 30.7 Å². The van der Waals surface area contributed by atoms with Crippen molar-refractivity contribution < 1.29 is 19.1 Å². The average Bonchev–Trinajstić information content (AvgIpc) is 3.15. The maximum absolute atomic E-state index is 13.4. The van der Waals surface area contributed by atoms with Crippen molar-refractivity contribution >= 4 is 40.7 Å². The zero-order valence-electron chi connectivity index (χ0n) is 19.2. The normalized spacial score (nSPS) is 15.8. The molecule has 1 aliphatic rings. The fourth-order valence-electron chi connectivity index (χ4n) is 3.97. The number of carbonyl (C=O) groups excluding carboxylic acids is 2. The van der Waals surface area contributed by atoms with Crippen molar-refractivity contribution in [1.82, 2.24) is 4.57 Å². The van der Waals surface area contributed by atoms with Crippen molar-refractivity contribution in [2.24, 2.45) is 5.73 Å². The first-order valence-electron chi connectivity index (χ1n) is 10.5. The molecule has 7 nitrogen and oxygen atoms in total. The zero-order valence-corrected chi connectivity index (χ0v) is 20.1. The summed E-state index contributed by atoms with van der Waals surface area (Å²) in [5.74, 6) is -2.30. The van der Waals surface area contributed by atoms with Crippen LogP contribution in [0.2, 0.25) is 0 Å². The third-order valence-electron chi connectivity index (χ3n) is 5.74. The highest BCUT2D eigenvalue weighted by atomic mass is 32.1. The Morgan fingerprint density at radius 2 is 1.44 bits per heavy atom. The van der Waals surface area contributed by atoms with Crippen LogP contribution >= 0.6 is 11.3 Å². The van der Waals surface area contributed by atoms with Gasteiger partial charge in [0.05, 0.1) is 35.8 Å². The first-order chi connectivity index (χ1) is 16.3. The number of aryl methyl sites for hydroxylation is 2. The number of aromatic nitrogens is 1. The number of benzene rings is 2. The molecule has 0 saturated heterocycles. The molecule has 0 aliphatic carbocycles. The van der Waals surface area contributed by atoms with E-state index in [0.717, 1.165) is 28.0 Å². The van der Waals surface area contributed by atoms with Crippen molar-refractivity contribution in [3.63, 3.8) is 0 Å². The van der Waals surface area contributed by atoms with Gasteiger partial charge in [-0.3, -0.25) is 9.36 Å². The molecule has 0 saturated carbocycles. The summed E-state index contributed by atoms with van der Waals surface area (Å²) in [4.78, 5) is 39.4. The number of hydrogen-bond donors (Lipinski definition) is 1. The van der Waals surface area contributed by atoms with Crippen LogP contribution < -0.4 is 20.5 Å². The lowest BCUT2D eigenvalue weighted by atomic mass is 9.83. The van der Waals surface area contributed by atoms with Gasteiger partial charge in [-0.2, -0.15) is 0 Å². The zero-order chi connectivity index (χ0) is 24.6. The fourth-order valence-corrected chi connectivity index (χ4v) is 5.14. The minimum atomic E-state index is -0.856. The highest BCUT2D eigenvalue weighted by Crippen LogP contribution is 2.37. The lowest BCUT2D eigenvalue weighted by molar-refractivity contribution is -0.136. The van der Waals surface area contributed by atoms with Crippen LogP contribution in [0.3, 0.4) is 0 Å². The van der Waals surface area contributed by atoms with E-state index in [9.17, 15) is 14.4 Å². The summed E-state index contributed by atoms with van der Waals surface area (Å²) >= 11 is 1.13. The smallest absolute Gasteiger partial charge is 0.338 e. The minimum Gasteiger partial charge on any atom is -0.466 e. The number of methoxy groups -OCH3 is 2. The summed E-state index contributed by atoms with van der Waals surface area (Å²) in [5, 5.41) is 0. The highest BCUT2D eigenvalue weighted by molar-refractivity contribution is 7.07. The molecule has 1 unspecified atom stereocenters. The van der Waals surface area contributed by atoms with E-state index < -0.39 is 23.4 Å². The number of nitrogens with two attached hydrogens (primary N) is 1. The summed E-state index contributed by atoms with van der Waals surface area (Å²) in [5.41, 5.74) is 9.76. The SMILES string of the molecule is COC(=O)C1=C(N)n2c(s/c(=C\c3ccc(C)cc3)c2=O)=C(C(=O)OC)C1c1ccc(C)cc1. The van der Waals surface area contributed by atoms with Crippen LogP contribution in [0.15, 0.2) is 58.9 Å². The third kappa shape index (κ3) is 3.97. The van der Waals surface area contributed by atoms with Crippen molar-refractivity contribution in [3.05, 3.63) is 95.9 Å². The molecule has 2 N–H and O–H groups in total. The molecule has 4 rings (SSSR count). The standard InChI is InChI=1S/C26H24N2O5S/c1-14-5-9-16(10-6-14)13-18-23(29)28-22(27)20(25(30)32-3)19(17-11-7-15(2)8-12-17)21(24(28)34-18)26(31)33-4/h5-13,19H,27H2,1-4H3/b18-13-. The first-order valence-corrected chi connectivity index (χ1v) is 11.4. The topological polar surface area (TPSA) is 101 Å². The number of fused-ring (bicyclic) bond motifs is 1. The first kappa shape index (κ1) is 23.3. The Kier molecular flexibility index (Phi) is 6.26. The van der Waals surface area contributed by atoms with Gasteiger partial charge in [-0.05, 0) is 31.1 Å². The van der Waals surface area contributed by atoms with Crippen molar-refractivity contribution in [2.45, 2.75) is 19.8 Å². The quantitative estimate of drug-likeness (QED) is 0.576. The molecule has 0 radical (unpaired) electrons. The number of carbonyl (C=O) groups is 2. The van der Waals surface area contributed by atoms with Gasteiger partial charge in [0.25, 0.3) is 5.56 Å². The molecule has 8 heteroatoms. The predicted molar refractivity (Wildman–Crippen MR) is 131 cm³/mol. The second-order valence-electron chi connectivity index (χ2n) is 8.01.